The van der Waals surface area contributed by atoms with Crippen LogP contribution in [0, 0.1) is 0 Å². The van der Waals surface area contributed by atoms with Gasteiger partial charge in [-0.1, -0.05) is 12.7 Å². The van der Waals surface area contributed by atoms with Gasteiger partial charge in [-0.2, -0.15) is 0 Å². The molecular weight excluding hydrogens is 260 g/mol. The molecule has 2 unspecified atom stereocenters. The Bertz CT molecular complexity index is 473. The molecule has 20 heavy (non-hydrogen) atoms. The molecule has 1 aliphatic carbocycles. The molecule has 0 bridgehead atoms. The fourth-order valence-electron chi connectivity index (χ4n) is 2.00. The molecule has 0 aliphatic heterocycles. The van der Waals surface area contributed by atoms with Crippen LogP contribution in [0.2, 0.25) is 0 Å². The van der Waals surface area contributed by atoms with Crippen LogP contribution in [0.25, 0.3) is 0 Å². The maximum Gasteiger partial charge on any atom is 0.307 e. The van der Waals surface area contributed by atoms with E-state index in [1.54, 1.807) is 19.1 Å². The molecule has 5 nitrogen and oxygen atoms in total. The summed E-state index contributed by atoms with van der Waals surface area (Å²) in [5.41, 5.74) is 1.58. The van der Waals surface area contributed by atoms with Gasteiger partial charge < -0.3 is 14.2 Å². The Morgan fingerprint density at radius 1 is 1.25 bits per heavy atom. The molecule has 0 saturated carbocycles. The van der Waals surface area contributed by atoms with Crippen molar-refractivity contribution in [1.82, 2.24) is 0 Å². The minimum atomic E-state index is -0.486. The van der Waals surface area contributed by atoms with E-state index in [0.717, 1.165) is 11.1 Å². The molecule has 0 spiro atoms. The standard InChI is InChI=1S/C15H20O5/c1-9(2)15(20-11(4)17)12-6-7-13(19-10(3)16)14(8-12)18-5/h6-7,14-15H,1,8H2,2-5H3. The quantitative estimate of drug-likeness (QED) is 0.571. The Labute approximate surface area is 118 Å². The van der Waals surface area contributed by atoms with Crippen LogP contribution >= 0.6 is 0 Å². The molecule has 0 N–H and O–H groups in total. The van der Waals surface area contributed by atoms with Gasteiger partial charge in [0, 0.05) is 27.4 Å². The normalized spacial score (nSPS) is 19.5. The summed E-state index contributed by atoms with van der Waals surface area (Å²) in [7, 11) is 1.53. The van der Waals surface area contributed by atoms with E-state index in [9.17, 15) is 9.59 Å². The summed E-state index contributed by atoms with van der Waals surface area (Å²) in [6, 6.07) is 0. The average Bonchev–Trinajstić information content (AvgIpc) is 2.35. The molecule has 1 aliphatic rings. The number of methoxy groups -OCH3 is 1. The van der Waals surface area contributed by atoms with E-state index >= 15 is 0 Å². The van der Waals surface area contributed by atoms with Crippen LogP contribution in [0.4, 0.5) is 0 Å². The number of esters is 2. The summed E-state index contributed by atoms with van der Waals surface area (Å²) in [5, 5.41) is 0. The van der Waals surface area contributed by atoms with Gasteiger partial charge in [0.2, 0.25) is 0 Å². The van der Waals surface area contributed by atoms with E-state index in [-0.39, 0.29) is 12.1 Å². The van der Waals surface area contributed by atoms with E-state index in [1.807, 2.05) is 0 Å². The fraction of sp³-hybridized carbons (Fsp3) is 0.467. The zero-order chi connectivity index (χ0) is 15.3. The Morgan fingerprint density at radius 3 is 2.35 bits per heavy atom. The number of carbonyl (C=O) groups is 2. The molecule has 0 aromatic heterocycles. The summed E-state index contributed by atoms with van der Waals surface area (Å²) in [5.74, 6) is -0.318. The molecule has 0 fully saturated rings. The molecule has 0 aromatic rings. The van der Waals surface area contributed by atoms with Crippen molar-refractivity contribution in [2.45, 2.75) is 39.4 Å². The SMILES string of the molecule is C=C(C)C(OC(C)=O)C1=CC=C(OC(C)=O)C(OC)C1. The number of ether oxygens (including phenoxy) is 3. The van der Waals surface area contributed by atoms with E-state index < -0.39 is 12.1 Å². The third-order valence-electron chi connectivity index (χ3n) is 2.81. The highest BCUT2D eigenvalue weighted by atomic mass is 16.6. The molecule has 0 heterocycles. The van der Waals surface area contributed by atoms with Crippen LogP contribution in [0.1, 0.15) is 27.2 Å². The van der Waals surface area contributed by atoms with Gasteiger partial charge in [-0.25, -0.2) is 0 Å². The molecule has 0 aromatic carbocycles. The Kier molecular flexibility index (Phi) is 5.70. The number of rotatable bonds is 5. The zero-order valence-corrected chi connectivity index (χ0v) is 12.3. The van der Waals surface area contributed by atoms with Crippen LogP contribution < -0.4 is 0 Å². The first kappa shape index (κ1) is 16.2. The van der Waals surface area contributed by atoms with Gasteiger partial charge in [-0.05, 0) is 24.1 Å². The molecular formula is C15H20O5. The highest BCUT2D eigenvalue weighted by Gasteiger charge is 2.27. The number of allylic oxidation sites excluding steroid dienone is 2. The van der Waals surface area contributed by atoms with Crippen LogP contribution in [0.15, 0.2) is 35.6 Å². The highest BCUT2D eigenvalue weighted by Crippen LogP contribution is 2.28. The smallest absolute Gasteiger partial charge is 0.307 e. The summed E-state index contributed by atoms with van der Waals surface area (Å²) in [4.78, 5) is 22.2. The van der Waals surface area contributed by atoms with Gasteiger partial charge in [-0.15, -0.1) is 0 Å². The van der Waals surface area contributed by atoms with Gasteiger partial charge in [-0.3, -0.25) is 9.59 Å². The average molecular weight is 280 g/mol. The second-order valence-electron chi connectivity index (χ2n) is 4.67. The van der Waals surface area contributed by atoms with Crippen molar-refractivity contribution < 1.29 is 23.8 Å². The highest BCUT2D eigenvalue weighted by molar-refractivity contribution is 5.68. The third kappa shape index (κ3) is 4.35. The van der Waals surface area contributed by atoms with Crippen LogP contribution in [-0.4, -0.2) is 31.3 Å². The Balaban J connectivity index is 2.98. The minimum Gasteiger partial charge on any atom is -0.453 e. The van der Waals surface area contributed by atoms with Gasteiger partial charge >= 0.3 is 11.9 Å². The zero-order valence-electron chi connectivity index (χ0n) is 12.3. The molecule has 1 rings (SSSR count). The van der Waals surface area contributed by atoms with Gasteiger partial charge in [0.25, 0.3) is 0 Å². The summed E-state index contributed by atoms with van der Waals surface area (Å²) >= 11 is 0. The second kappa shape index (κ2) is 7.05. The van der Waals surface area contributed by atoms with Crippen molar-refractivity contribution in [3.8, 4) is 0 Å². The lowest BCUT2D eigenvalue weighted by atomic mass is 9.93. The van der Waals surface area contributed by atoms with E-state index in [2.05, 4.69) is 6.58 Å². The predicted octanol–water partition coefficient (Wildman–Crippen LogP) is 2.29. The summed E-state index contributed by atoms with van der Waals surface area (Å²) in [6.07, 6.45) is 3.04. The largest absolute Gasteiger partial charge is 0.453 e. The first-order chi connectivity index (χ1) is 9.35. The van der Waals surface area contributed by atoms with Crippen molar-refractivity contribution in [3.05, 3.63) is 35.6 Å². The summed E-state index contributed by atoms with van der Waals surface area (Å²) in [6.45, 7) is 8.32. The van der Waals surface area contributed by atoms with Crippen LogP contribution in [0.3, 0.4) is 0 Å². The van der Waals surface area contributed by atoms with Crippen molar-refractivity contribution in [3.63, 3.8) is 0 Å². The number of hydrogen-bond donors (Lipinski definition) is 0. The van der Waals surface area contributed by atoms with Crippen LogP contribution in [-0.2, 0) is 23.8 Å². The second-order valence-corrected chi connectivity index (χ2v) is 4.67. The van der Waals surface area contributed by atoms with Crippen molar-refractivity contribution in [2.75, 3.05) is 7.11 Å². The van der Waals surface area contributed by atoms with E-state index in [1.165, 1.54) is 21.0 Å². The van der Waals surface area contributed by atoms with Crippen molar-refractivity contribution >= 4 is 11.9 Å². The van der Waals surface area contributed by atoms with E-state index in [4.69, 9.17) is 14.2 Å². The maximum atomic E-state index is 11.2. The first-order valence-corrected chi connectivity index (χ1v) is 6.29. The Morgan fingerprint density at radius 2 is 1.90 bits per heavy atom. The fourth-order valence-corrected chi connectivity index (χ4v) is 2.00. The lowest BCUT2D eigenvalue weighted by molar-refractivity contribution is -0.143. The number of hydrogen-bond acceptors (Lipinski definition) is 5. The molecule has 0 saturated heterocycles. The van der Waals surface area contributed by atoms with Gasteiger partial charge in [0.1, 0.15) is 18.0 Å². The monoisotopic (exact) mass is 280 g/mol. The maximum absolute atomic E-state index is 11.2. The van der Waals surface area contributed by atoms with Gasteiger partial charge in [0.05, 0.1) is 0 Å². The van der Waals surface area contributed by atoms with Crippen molar-refractivity contribution in [1.29, 1.82) is 0 Å². The molecule has 2 atom stereocenters. The molecule has 0 radical (unpaired) electrons. The molecule has 5 heteroatoms. The predicted molar refractivity (Wildman–Crippen MR) is 73.7 cm³/mol. The number of carbonyl (C=O) groups excluding carboxylic acids is 2. The Hall–Kier alpha value is -1.88. The van der Waals surface area contributed by atoms with Gasteiger partial charge in [0.15, 0.2) is 0 Å². The summed E-state index contributed by atoms with van der Waals surface area (Å²) < 4.78 is 15.7. The van der Waals surface area contributed by atoms with E-state index in [0.29, 0.717) is 12.2 Å². The molecule has 110 valence electrons. The van der Waals surface area contributed by atoms with Crippen LogP contribution in [0.5, 0.6) is 0 Å². The third-order valence-corrected chi connectivity index (χ3v) is 2.81. The minimum absolute atomic E-state index is 0.373. The van der Waals surface area contributed by atoms with Crippen molar-refractivity contribution in [2.24, 2.45) is 0 Å². The molecule has 0 amide bonds. The lowest BCUT2D eigenvalue weighted by Gasteiger charge is -2.27. The first-order valence-electron chi connectivity index (χ1n) is 6.29. The lowest BCUT2D eigenvalue weighted by Crippen LogP contribution is -2.27. The topological polar surface area (TPSA) is 61.8 Å².